The van der Waals surface area contributed by atoms with Crippen molar-refractivity contribution in [3.05, 3.63) is 22.4 Å². The molecule has 0 spiro atoms. The Bertz CT molecular complexity index is 438. The summed E-state index contributed by atoms with van der Waals surface area (Å²) in [5.41, 5.74) is 0. The van der Waals surface area contributed by atoms with E-state index in [4.69, 9.17) is 5.11 Å². The summed E-state index contributed by atoms with van der Waals surface area (Å²) in [6.45, 7) is 2.92. The lowest BCUT2D eigenvalue weighted by atomic mass is 9.87. The maximum absolute atomic E-state index is 11.9. The molecule has 2 rings (SSSR count). The summed E-state index contributed by atoms with van der Waals surface area (Å²) in [5, 5.41) is 10.9. The zero-order valence-electron chi connectivity index (χ0n) is 11.0. The number of carbonyl (C=O) groups is 2. The highest BCUT2D eigenvalue weighted by Gasteiger charge is 2.36. The minimum Gasteiger partial charge on any atom is -0.481 e. The molecule has 5 heteroatoms. The Morgan fingerprint density at radius 1 is 1.53 bits per heavy atom. The molecule has 1 aromatic rings. The smallest absolute Gasteiger partial charge is 0.306 e. The molecule has 1 unspecified atom stereocenters. The Morgan fingerprint density at radius 3 is 2.84 bits per heavy atom. The van der Waals surface area contributed by atoms with Gasteiger partial charge in [0.15, 0.2) is 0 Å². The largest absolute Gasteiger partial charge is 0.481 e. The van der Waals surface area contributed by atoms with E-state index in [1.807, 2.05) is 11.4 Å². The van der Waals surface area contributed by atoms with Gasteiger partial charge >= 0.3 is 5.97 Å². The van der Waals surface area contributed by atoms with Gasteiger partial charge in [0, 0.05) is 30.3 Å². The molecule has 1 aliphatic rings. The number of aliphatic carboxylic acids is 1. The molecule has 1 atom stereocenters. The highest BCUT2D eigenvalue weighted by molar-refractivity contribution is 7.09. The van der Waals surface area contributed by atoms with E-state index in [2.05, 4.69) is 6.07 Å². The van der Waals surface area contributed by atoms with Gasteiger partial charge in [0.25, 0.3) is 0 Å². The number of aryl methyl sites for hydroxylation is 1. The average Bonchev–Trinajstić information content (AvgIpc) is 2.79. The fourth-order valence-corrected chi connectivity index (χ4v) is 3.01. The first-order chi connectivity index (χ1) is 9.08. The van der Waals surface area contributed by atoms with Crippen LogP contribution in [0.4, 0.5) is 0 Å². The maximum atomic E-state index is 11.9. The van der Waals surface area contributed by atoms with Gasteiger partial charge < -0.3 is 10.0 Å². The van der Waals surface area contributed by atoms with E-state index in [1.165, 1.54) is 4.88 Å². The second-order valence-corrected chi connectivity index (χ2v) is 6.15. The van der Waals surface area contributed by atoms with Gasteiger partial charge in [0.2, 0.25) is 5.91 Å². The standard InChI is InChI=1S/C14H19NO3S/c1-10(14(17)18)11-8-15(9-11)13(16)6-2-4-12-5-3-7-19-12/h3,5,7,10-11H,2,4,6,8-9H2,1H3,(H,17,18). The van der Waals surface area contributed by atoms with Crippen LogP contribution in [0.3, 0.4) is 0 Å². The molecule has 1 saturated heterocycles. The number of thiophene rings is 1. The number of rotatable bonds is 6. The molecule has 1 N–H and O–H groups in total. The third kappa shape index (κ3) is 3.56. The van der Waals surface area contributed by atoms with Crippen LogP contribution in [0.5, 0.6) is 0 Å². The molecular weight excluding hydrogens is 262 g/mol. The SMILES string of the molecule is CC(C(=O)O)C1CN(C(=O)CCCc2cccs2)C1. The van der Waals surface area contributed by atoms with E-state index < -0.39 is 5.97 Å². The van der Waals surface area contributed by atoms with Gasteiger partial charge in [-0.05, 0) is 24.3 Å². The Kier molecular flexibility index (Phi) is 4.58. The summed E-state index contributed by atoms with van der Waals surface area (Å²) in [7, 11) is 0. The van der Waals surface area contributed by atoms with Crippen LogP contribution in [-0.2, 0) is 16.0 Å². The number of amides is 1. The van der Waals surface area contributed by atoms with Crippen LogP contribution in [0.1, 0.15) is 24.6 Å². The van der Waals surface area contributed by atoms with E-state index in [1.54, 1.807) is 23.2 Å². The molecule has 4 nitrogen and oxygen atoms in total. The van der Waals surface area contributed by atoms with Gasteiger partial charge in [-0.3, -0.25) is 9.59 Å². The second kappa shape index (κ2) is 6.19. The molecule has 1 amide bonds. The van der Waals surface area contributed by atoms with Crippen LogP contribution < -0.4 is 0 Å². The Balaban J connectivity index is 1.65. The number of carboxylic acid groups (broad SMARTS) is 1. The van der Waals surface area contributed by atoms with Crippen molar-refractivity contribution in [3.8, 4) is 0 Å². The van der Waals surface area contributed by atoms with Crippen molar-refractivity contribution in [3.63, 3.8) is 0 Å². The van der Waals surface area contributed by atoms with Crippen molar-refractivity contribution < 1.29 is 14.7 Å². The van der Waals surface area contributed by atoms with Crippen molar-refractivity contribution >= 4 is 23.2 Å². The lowest BCUT2D eigenvalue weighted by molar-refractivity contribution is -0.150. The summed E-state index contributed by atoms with van der Waals surface area (Å²) in [4.78, 5) is 25.8. The normalized spacial score (nSPS) is 17.0. The minimum absolute atomic E-state index is 0.124. The van der Waals surface area contributed by atoms with E-state index in [0.29, 0.717) is 19.5 Å². The fourth-order valence-electron chi connectivity index (χ4n) is 2.26. The van der Waals surface area contributed by atoms with Crippen molar-refractivity contribution in [2.75, 3.05) is 13.1 Å². The number of nitrogens with zero attached hydrogens (tertiary/aromatic N) is 1. The highest BCUT2D eigenvalue weighted by atomic mass is 32.1. The van der Waals surface area contributed by atoms with E-state index in [-0.39, 0.29) is 17.7 Å². The molecule has 0 aromatic carbocycles. The lowest BCUT2D eigenvalue weighted by Gasteiger charge is -2.41. The van der Waals surface area contributed by atoms with Gasteiger partial charge in [-0.15, -0.1) is 11.3 Å². The maximum Gasteiger partial charge on any atom is 0.306 e. The van der Waals surface area contributed by atoms with Crippen LogP contribution in [0.2, 0.25) is 0 Å². The summed E-state index contributed by atoms with van der Waals surface area (Å²) < 4.78 is 0. The monoisotopic (exact) mass is 281 g/mol. The molecule has 0 aliphatic carbocycles. The second-order valence-electron chi connectivity index (χ2n) is 5.12. The van der Waals surface area contributed by atoms with Crippen LogP contribution in [-0.4, -0.2) is 35.0 Å². The van der Waals surface area contributed by atoms with E-state index >= 15 is 0 Å². The molecule has 0 saturated carbocycles. The van der Waals surface area contributed by atoms with Crippen LogP contribution in [0.25, 0.3) is 0 Å². The van der Waals surface area contributed by atoms with Gasteiger partial charge in [0.05, 0.1) is 5.92 Å². The van der Waals surface area contributed by atoms with Crippen molar-refractivity contribution in [1.29, 1.82) is 0 Å². The molecule has 19 heavy (non-hydrogen) atoms. The third-order valence-electron chi connectivity index (χ3n) is 3.75. The van der Waals surface area contributed by atoms with E-state index in [0.717, 1.165) is 12.8 Å². The van der Waals surface area contributed by atoms with Crippen LogP contribution >= 0.6 is 11.3 Å². The van der Waals surface area contributed by atoms with Gasteiger partial charge in [-0.25, -0.2) is 0 Å². The molecule has 0 bridgehead atoms. The molecule has 2 heterocycles. The predicted octanol–water partition coefficient (Wildman–Crippen LogP) is 2.25. The predicted molar refractivity (Wildman–Crippen MR) is 74.1 cm³/mol. The van der Waals surface area contributed by atoms with E-state index in [9.17, 15) is 9.59 Å². The fraction of sp³-hybridized carbons (Fsp3) is 0.571. The molecular formula is C14H19NO3S. The summed E-state index contributed by atoms with van der Waals surface area (Å²) in [6, 6.07) is 4.11. The molecule has 1 aliphatic heterocycles. The first kappa shape index (κ1) is 14.1. The van der Waals surface area contributed by atoms with Gasteiger partial charge in [-0.1, -0.05) is 13.0 Å². The van der Waals surface area contributed by atoms with Crippen molar-refractivity contribution in [1.82, 2.24) is 4.90 Å². The van der Waals surface area contributed by atoms with Crippen molar-refractivity contribution in [2.24, 2.45) is 11.8 Å². The molecule has 0 radical (unpaired) electrons. The number of hydrogen-bond acceptors (Lipinski definition) is 3. The highest BCUT2D eigenvalue weighted by Crippen LogP contribution is 2.25. The Labute approximate surface area is 117 Å². The van der Waals surface area contributed by atoms with Crippen LogP contribution in [0, 0.1) is 11.8 Å². The Hall–Kier alpha value is -1.36. The van der Waals surface area contributed by atoms with Gasteiger partial charge in [-0.2, -0.15) is 0 Å². The minimum atomic E-state index is -0.769. The first-order valence-electron chi connectivity index (χ1n) is 6.61. The number of likely N-dealkylation sites (tertiary alicyclic amines) is 1. The lowest BCUT2D eigenvalue weighted by Crippen LogP contribution is -2.53. The molecule has 1 aromatic heterocycles. The summed E-state index contributed by atoms with van der Waals surface area (Å²) in [6.07, 6.45) is 2.38. The number of carboxylic acids is 1. The molecule has 104 valence electrons. The van der Waals surface area contributed by atoms with Crippen molar-refractivity contribution in [2.45, 2.75) is 26.2 Å². The van der Waals surface area contributed by atoms with Crippen LogP contribution in [0.15, 0.2) is 17.5 Å². The zero-order chi connectivity index (χ0) is 13.8. The quantitative estimate of drug-likeness (QED) is 0.870. The third-order valence-corrected chi connectivity index (χ3v) is 4.69. The number of hydrogen-bond donors (Lipinski definition) is 1. The topological polar surface area (TPSA) is 57.6 Å². The summed E-state index contributed by atoms with van der Waals surface area (Å²) in [5.74, 6) is -0.839. The average molecular weight is 281 g/mol. The molecule has 1 fully saturated rings. The number of carbonyl (C=O) groups excluding carboxylic acids is 1. The zero-order valence-corrected chi connectivity index (χ0v) is 11.9. The first-order valence-corrected chi connectivity index (χ1v) is 7.49. The Morgan fingerprint density at radius 2 is 2.26 bits per heavy atom. The van der Waals surface area contributed by atoms with Gasteiger partial charge in [0.1, 0.15) is 0 Å². The summed E-state index contributed by atoms with van der Waals surface area (Å²) >= 11 is 1.72.